The zero-order valence-electron chi connectivity index (χ0n) is 43.8. The van der Waals surface area contributed by atoms with E-state index in [1.165, 1.54) is 0 Å². The largest absolute Gasteiger partial charge is 0.462 e. The van der Waals surface area contributed by atoms with Crippen LogP contribution in [-0.4, -0.2) is 37.2 Å². The third-order valence-electron chi connectivity index (χ3n) is 10.5. The highest BCUT2D eigenvalue weighted by Crippen LogP contribution is 2.11. The Balaban J connectivity index is 4.58. The summed E-state index contributed by atoms with van der Waals surface area (Å²) in [6.45, 7) is 6.19. The van der Waals surface area contributed by atoms with E-state index in [4.69, 9.17) is 14.2 Å². The van der Waals surface area contributed by atoms with Gasteiger partial charge in [0, 0.05) is 19.3 Å². The summed E-state index contributed by atoms with van der Waals surface area (Å²) in [7, 11) is 0. The maximum Gasteiger partial charge on any atom is 0.306 e. The lowest BCUT2D eigenvalue weighted by Gasteiger charge is -2.18. The van der Waals surface area contributed by atoms with Crippen LogP contribution < -0.4 is 0 Å². The molecule has 0 radical (unpaired) electrons. The first kappa shape index (κ1) is 64.0. The monoisotopic (exact) mass is 949 g/mol. The molecule has 0 heterocycles. The van der Waals surface area contributed by atoms with Gasteiger partial charge < -0.3 is 14.2 Å². The Hall–Kier alpha value is -4.97. The van der Waals surface area contributed by atoms with E-state index < -0.39 is 6.10 Å². The number of carbonyl (C=O) groups excluding carboxylic acids is 3. The van der Waals surface area contributed by atoms with Crippen LogP contribution >= 0.6 is 0 Å². The zero-order chi connectivity index (χ0) is 50.0. The maximum absolute atomic E-state index is 12.8. The minimum atomic E-state index is -0.830. The van der Waals surface area contributed by atoms with E-state index in [2.05, 4.69) is 179 Å². The first-order chi connectivity index (χ1) is 34.0. The highest BCUT2D eigenvalue weighted by Gasteiger charge is 2.19. The minimum absolute atomic E-state index is 0.125. The fourth-order valence-electron chi connectivity index (χ4n) is 6.57. The standard InChI is InChI=1S/C63H96O6/c1-4-7-10-13-16-19-22-25-27-29-31-33-35-38-41-44-47-50-53-56-62(65)68-59-60(58-67-61(64)55-52-49-46-43-40-37-24-21-18-15-12-9-6-3)69-63(66)57-54-51-48-45-42-39-36-34-32-30-28-26-23-20-17-14-11-8-5-2/h7-12,16-21,25-28,31-34,37-42,60H,4-6,13-15,22-24,29-30,35-36,43-59H2,1-3H3/b10-7-,11-8-,12-9-,19-16-,20-17-,21-18-,27-25-,28-26-,33-31-,34-32-,40-37-,41-38-,42-39-. The SMILES string of the molecule is CC/C=C\C/C=C\C/C=C\C/C=C\C/C=C\CCCCCC(=O)OCC(COC(=O)CCCCC/C=C\C/C=C\C/C=C\CC)OC(=O)CCCCC/C=C\C/C=C\C/C=C\C/C=C\C/C=C\CC. The van der Waals surface area contributed by atoms with E-state index in [-0.39, 0.29) is 37.5 Å². The van der Waals surface area contributed by atoms with Crippen molar-refractivity contribution in [2.75, 3.05) is 13.2 Å². The van der Waals surface area contributed by atoms with E-state index >= 15 is 0 Å². The zero-order valence-corrected chi connectivity index (χ0v) is 43.8. The summed E-state index contributed by atoms with van der Waals surface area (Å²) in [4.78, 5) is 38.1. The molecule has 0 saturated carbocycles. The van der Waals surface area contributed by atoms with Crippen LogP contribution in [-0.2, 0) is 28.6 Å². The predicted molar refractivity (Wildman–Crippen MR) is 297 cm³/mol. The number of ether oxygens (including phenoxy) is 3. The minimum Gasteiger partial charge on any atom is -0.462 e. The Kier molecular flexibility index (Phi) is 51.6. The molecule has 0 aliphatic heterocycles. The van der Waals surface area contributed by atoms with Gasteiger partial charge in [-0.1, -0.05) is 198 Å². The molecule has 0 aliphatic carbocycles. The number of hydrogen-bond donors (Lipinski definition) is 0. The van der Waals surface area contributed by atoms with Crippen molar-refractivity contribution in [3.05, 3.63) is 158 Å². The molecule has 0 fully saturated rings. The molecule has 6 nitrogen and oxygen atoms in total. The summed E-state index contributed by atoms with van der Waals surface area (Å²) in [6, 6.07) is 0. The third kappa shape index (κ3) is 53.8. The van der Waals surface area contributed by atoms with Gasteiger partial charge in [0.2, 0.25) is 0 Å². The van der Waals surface area contributed by atoms with Gasteiger partial charge >= 0.3 is 17.9 Å². The number of rotatable bonds is 46. The molecule has 0 aromatic rings. The van der Waals surface area contributed by atoms with E-state index in [0.29, 0.717) is 19.3 Å². The van der Waals surface area contributed by atoms with E-state index in [1.54, 1.807) is 0 Å². The second-order valence-electron chi connectivity index (χ2n) is 17.0. The molecule has 384 valence electrons. The molecule has 0 aromatic carbocycles. The molecule has 0 bridgehead atoms. The molecular formula is C63H96O6. The maximum atomic E-state index is 12.8. The van der Waals surface area contributed by atoms with Gasteiger partial charge in [-0.25, -0.2) is 0 Å². The van der Waals surface area contributed by atoms with Crippen LogP contribution in [0.25, 0.3) is 0 Å². The number of esters is 3. The Morgan fingerprint density at radius 3 is 0.783 bits per heavy atom. The predicted octanol–water partition coefficient (Wildman–Crippen LogP) is 18.2. The molecule has 1 atom stereocenters. The van der Waals surface area contributed by atoms with Crippen LogP contribution in [0.5, 0.6) is 0 Å². The fourth-order valence-corrected chi connectivity index (χ4v) is 6.57. The summed E-state index contributed by atoms with van der Waals surface area (Å²) >= 11 is 0. The summed E-state index contributed by atoms with van der Waals surface area (Å²) in [5, 5.41) is 0. The summed E-state index contributed by atoms with van der Waals surface area (Å²) in [5.74, 6) is -1.03. The molecule has 0 spiro atoms. The molecule has 0 N–H and O–H groups in total. The van der Waals surface area contributed by atoms with Crippen molar-refractivity contribution in [3.63, 3.8) is 0 Å². The van der Waals surface area contributed by atoms with Gasteiger partial charge in [0.25, 0.3) is 0 Å². The quantitative estimate of drug-likeness (QED) is 0.0262. The van der Waals surface area contributed by atoms with Gasteiger partial charge in [-0.05, 0) is 141 Å². The fraction of sp³-hybridized carbons (Fsp3) is 0.540. The Labute approximate surface area is 422 Å². The number of allylic oxidation sites excluding steroid dienone is 26. The molecule has 0 saturated heterocycles. The number of unbranched alkanes of at least 4 members (excludes halogenated alkanes) is 9. The molecule has 0 aliphatic rings. The molecule has 0 aromatic heterocycles. The van der Waals surface area contributed by atoms with Crippen LogP contribution in [0, 0.1) is 0 Å². The summed E-state index contributed by atoms with van der Waals surface area (Å²) in [6.07, 6.45) is 80.9. The van der Waals surface area contributed by atoms with Crippen LogP contribution in [0.4, 0.5) is 0 Å². The van der Waals surface area contributed by atoms with Crippen molar-refractivity contribution >= 4 is 17.9 Å². The average molecular weight is 949 g/mol. The molecular weight excluding hydrogens is 853 g/mol. The van der Waals surface area contributed by atoms with Gasteiger partial charge in [0.05, 0.1) is 0 Å². The van der Waals surface area contributed by atoms with Gasteiger partial charge in [0.15, 0.2) is 6.10 Å². The molecule has 69 heavy (non-hydrogen) atoms. The second-order valence-corrected chi connectivity index (χ2v) is 17.0. The molecule has 1 unspecified atom stereocenters. The number of hydrogen-bond acceptors (Lipinski definition) is 6. The lowest BCUT2D eigenvalue weighted by Crippen LogP contribution is -2.30. The lowest BCUT2D eigenvalue weighted by molar-refractivity contribution is -0.167. The lowest BCUT2D eigenvalue weighted by atomic mass is 10.1. The summed E-state index contributed by atoms with van der Waals surface area (Å²) in [5.41, 5.74) is 0. The first-order valence-electron chi connectivity index (χ1n) is 27.0. The van der Waals surface area contributed by atoms with E-state index in [9.17, 15) is 14.4 Å². The molecule has 0 rings (SSSR count). The number of carbonyl (C=O) groups is 3. The topological polar surface area (TPSA) is 78.9 Å². The molecule has 0 amide bonds. The van der Waals surface area contributed by atoms with Crippen molar-refractivity contribution in [2.45, 2.75) is 207 Å². The van der Waals surface area contributed by atoms with Crippen molar-refractivity contribution in [2.24, 2.45) is 0 Å². The Morgan fingerprint density at radius 1 is 0.290 bits per heavy atom. The Bertz CT molecular complexity index is 1610. The van der Waals surface area contributed by atoms with Gasteiger partial charge in [0.1, 0.15) is 13.2 Å². The van der Waals surface area contributed by atoms with Crippen molar-refractivity contribution in [1.29, 1.82) is 0 Å². The van der Waals surface area contributed by atoms with Crippen molar-refractivity contribution in [1.82, 2.24) is 0 Å². The highest BCUT2D eigenvalue weighted by molar-refractivity contribution is 5.71. The Morgan fingerprint density at radius 2 is 0.522 bits per heavy atom. The highest BCUT2D eigenvalue weighted by atomic mass is 16.6. The van der Waals surface area contributed by atoms with Crippen LogP contribution in [0.2, 0.25) is 0 Å². The normalized spacial score (nSPS) is 13.4. The van der Waals surface area contributed by atoms with Crippen molar-refractivity contribution in [3.8, 4) is 0 Å². The van der Waals surface area contributed by atoms with Gasteiger partial charge in [-0.3, -0.25) is 14.4 Å². The summed E-state index contributed by atoms with van der Waals surface area (Å²) < 4.78 is 16.7. The third-order valence-corrected chi connectivity index (χ3v) is 10.5. The van der Waals surface area contributed by atoms with E-state index in [0.717, 1.165) is 154 Å². The molecule has 6 heteroatoms. The average Bonchev–Trinajstić information content (AvgIpc) is 3.35. The van der Waals surface area contributed by atoms with Crippen molar-refractivity contribution < 1.29 is 28.6 Å². The van der Waals surface area contributed by atoms with Crippen LogP contribution in [0.3, 0.4) is 0 Å². The van der Waals surface area contributed by atoms with Crippen LogP contribution in [0.15, 0.2) is 158 Å². The van der Waals surface area contributed by atoms with Gasteiger partial charge in [-0.15, -0.1) is 0 Å². The first-order valence-corrected chi connectivity index (χ1v) is 27.0. The van der Waals surface area contributed by atoms with Gasteiger partial charge in [-0.2, -0.15) is 0 Å². The second kappa shape index (κ2) is 55.6. The van der Waals surface area contributed by atoms with Crippen LogP contribution in [0.1, 0.15) is 201 Å². The smallest absolute Gasteiger partial charge is 0.306 e. The van der Waals surface area contributed by atoms with E-state index in [1.807, 2.05) is 0 Å².